The molecule has 0 unspecified atom stereocenters. The van der Waals surface area contributed by atoms with Gasteiger partial charge < -0.3 is 28.9 Å². The molecule has 0 atom stereocenters. The molecule has 12 aromatic carbocycles. The van der Waals surface area contributed by atoms with E-state index >= 15 is 0 Å². The molecule has 0 aliphatic carbocycles. The third kappa shape index (κ3) is 16.3. The summed E-state index contributed by atoms with van der Waals surface area (Å²) in [6, 6.07) is 110. The first-order valence-electron chi connectivity index (χ1n) is 29.5. The maximum absolute atomic E-state index is 6.58. The summed E-state index contributed by atoms with van der Waals surface area (Å²) in [5.74, 6) is 0. The molecular weight excluding hydrogens is 1510 g/mol. The van der Waals surface area contributed by atoms with E-state index in [-0.39, 0.29) is 14.9 Å². The summed E-state index contributed by atoms with van der Waals surface area (Å²) in [6.45, 7) is 8.38. The molecule has 1 aliphatic heterocycles. The first-order valence-corrected chi connectivity index (χ1v) is 33.8. The first-order chi connectivity index (χ1) is 43.7. The van der Waals surface area contributed by atoms with E-state index in [0.29, 0.717) is 0 Å². The molecule has 0 bridgehead atoms. The van der Waals surface area contributed by atoms with E-state index in [2.05, 4.69) is 401 Å². The smallest absolute Gasteiger partial charge is 0.399 e. The minimum Gasteiger partial charge on any atom is -0.399 e. The van der Waals surface area contributed by atoms with Crippen LogP contribution >= 0.6 is 86.3 Å². The van der Waals surface area contributed by atoms with Gasteiger partial charge in [0.05, 0.1) is 11.2 Å². The standard InChI is InChI=1S/C36H35BN2O2.C36H26Br2N2.C6H3Br2I.2CH4/c1-35(2)36(3,4)41-37(40-35)28-25-33(38(29-17-9-5-10-18-29)30-19-11-6-12-20-30)27-34(26-28)39(31-21-13-7-14-22-31)32-23-15-8-16-24-32;37-34-22-13-23-35(38)36(34)27-24-32(39(28-14-5-1-6-15-28)29-16-7-2-8-17-29)26-33(25-27)40(30-18-9-3-10-19-30)31-20-11-4-12-21-31;7-4-2-1-3-5(8)6(4)9;;/h5-27H,1-4H3;1-26H;1-3H;2*1H4. The van der Waals surface area contributed by atoms with Crippen molar-refractivity contribution in [1.82, 2.24) is 0 Å². The molecule has 1 heterocycles. The Morgan fingerprint density at radius 3 is 0.728 bits per heavy atom. The summed E-state index contributed by atoms with van der Waals surface area (Å²) in [5, 5.41) is 0. The van der Waals surface area contributed by atoms with Crippen molar-refractivity contribution in [3.05, 3.63) is 337 Å². The number of halogens is 5. The van der Waals surface area contributed by atoms with Crippen molar-refractivity contribution in [3.8, 4) is 11.1 Å². The largest absolute Gasteiger partial charge is 0.494 e. The molecule has 12 heteroatoms. The van der Waals surface area contributed by atoms with Gasteiger partial charge in [-0.05, 0) is 251 Å². The molecule has 0 radical (unpaired) electrons. The average molecular weight is 1580 g/mol. The lowest BCUT2D eigenvalue weighted by atomic mass is 9.78. The lowest BCUT2D eigenvalue weighted by Gasteiger charge is -2.32. The molecule has 0 aromatic heterocycles. The number of nitrogens with zero attached hydrogens (tertiary/aromatic N) is 4. The highest BCUT2D eigenvalue weighted by Gasteiger charge is 2.52. The van der Waals surface area contributed by atoms with E-state index in [0.717, 1.165) is 103 Å². The van der Waals surface area contributed by atoms with Gasteiger partial charge in [-0.3, -0.25) is 0 Å². The lowest BCUT2D eigenvalue weighted by Crippen LogP contribution is -2.41. The van der Waals surface area contributed by atoms with Crippen LogP contribution in [0, 0.1) is 3.57 Å². The highest BCUT2D eigenvalue weighted by atomic mass is 127. The van der Waals surface area contributed by atoms with E-state index in [1.807, 2.05) is 48.5 Å². The summed E-state index contributed by atoms with van der Waals surface area (Å²) in [5.41, 5.74) is 15.1. The Bertz CT molecular complexity index is 3870. The van der Waals surface area contributed by atoms with Gasteiger partial charge >= 0.3 is 7.12 Å². The zero-order valence-electron chi connectivity index (χ0n) is 50.1. The monoisotopic (exact) mass is 1570 g/mol. The molecule has 462 valence electrons. The second-order valence-corrected chi connectivity index (χ2v) is 26.8. The zero-order valence-corrected chi connectivity index (χ0v) is 58.6. The van der Waals surface area contributed by atoms with E-state index in [4.69, 9.17) is 9.31 Å². The fourth-order valence-corrected chi connectivity index (χ4v) is 13.5. The second kappa shape index (κ2) is 31.9. The van der Waals surface area contributed by atoms with E-state index in [1.165, 1.54) is 3.57 Å². The van der Waals surface area contributed by atoms with Crippen molar-refractivity contribution in [2.75, 3.05) is 19.6 Å². The van der Waals surface area contributed by atoms with Crippen molar-refractivity contribution in [2.45, 2.75) is 53.8 Å². The predicted octanol–water partition coefficient (Wildman–Crippen LogP) is 25.8. The van der Waals surface area contributed by atoms with Crippen LogP contribution in [0.25, 0.3) is 11.1 Å². The Hall–Kier alpha value is -7.53. The number of rotatable bonds is 14. The quantitative estimate of drug-likeness (QED) is 0.0613. The van der Waals surface area contributed by atoms with Crippen LogP contribution in [0.15, 0.2) is 333 Å². The minimum atomic E-state index is -0.513. The summed E-state index contributed by atoms with van der Waals surface area (Å²) >= 11 is 16.8. The van der Waals surface area contributed by atoms with Crippen molar-refractivity contribution in [3.63, 3.8) is 0 Å². The first kappa shape index (κ1) is 68.8. The van der Waals surface area contributed by atoms with Gasteiger partial charge in [0.15, 0.2) is 0 Å². The highest BCUT2D eigenvalue weighted by Crippen LogP contribution is 2.47. The molecule has 0 saturated carbocycles. The maximum Gasteiger partial charge on any atom is 0.494 e. The molecular formula is C80H72BBr4IN4O2. The molecule has 0 amide bonds. The zero-order chi connectivity index (χ0) is 62.6. The molecule has 0 N–H and O–H groups in total. The summed E-state index contributed by atoms with van der Waals surface area (Å²) in [7, 11) is -0.513. The Kier molecular flexibility index (Phi) is 23.8. The fraction of sp³-hybridized carbons (Fsp3) is 0.100. The van der Waals surface area contributed by atoms with Gasteiger partial charge in [-0.1, -0.05) is 204 Å². The fourth-order valence-electron chi connectivity index (χ4n) is 10.6. The molecule has 6 nitrogen and oxygen atoms in total. The highest BCUT2D eigenvalue weighted by molar-refractivity contribution is 14.1. The van der Waals surface area contributed by atoms with Gasteiger partial charge in [0.1, 0.15) is 0 Å². The maximum atomic E-state index is 6.58. The van der Waals surface area contributed by atoms with E-state index in [1.54, 1.807) is 0 Å². The van der Waals surface area contributed by atoms with Crippen LogP contribution in [-0.4, -0.2) is 18.3 Å². The normalized spacial score (nSPS) is 12.5. The summed E-state index contributed by atoms with van der Waals surface area (Å²) in [4.78, 5) is 9.19. The third-order valence-corrected chi connectivity index (χ3v) is 20.9. The summed E-state index contributed by atoms with van der Waals surface area (Å²) < 4.78 is 18.7. The Labute approximate surface area is 592 Å². The minimum absolute atomic E-state index is 0. The van der Waals surface area contributed by atoms with Crippen molar-refractivity contribution >= 4 is 167 Å². The van der Waals surface area contributed by atoms with Gasteiger partial charge in [0.2, 0.25) is 0 Å². The van der Waals surface area contributed by atoms with Gasteiger partial charge in [-0.15, -0.1) is 0 Å². The Morgan fingerprint density at radius 1 is 0.283 bits per heavy atom. The lowest BCUT2D eigenvalue weighted by molar-refractivity contribution is 0.00578. The number of benzene rings is 12. The van der Waals surface area contributed by atoms with Gasteiger partial charge in [0, 0.05) is 95.3 Å². The van der Waals surface area contributed by atoms with Gasteiger partial charge in [0.25, 0.3) is 0 Å². The Morgan fingerprint density at radius 2 is 0.500 bits per heavy atom. The van der Waals surface area contributed by atoms with Crippen LogP contribution in [0.1, 0.15) is 42.5 Å². The van der Waals surface area contributed by atoms with Crippen LogP contribution in [0.4, 0.5) is 68.2 Å². The topological polar surface area (TPSA) is 31.4 Å². The molecule has 1 aliphatic rings. The molecule has 12 aromatic rings. The van der Waals surface area contributed by atoms with Gasteiger partial charge in [-0.25, -0.2) is 0 Å². The summed E-state index contributed by atoms with van der Waals surface area (Å²) in [6.07, 6.45) is 0. The number of anilines is 12. The number of hydrogen-bond donors (Lipinski definition) is 0. The van der Waals surface area contributed by atoms with Crippen LogP contribution in [0.2, 0.25) is 0 Å². The number of hydrogen-bond acceptors (Lipinski definition) is 6. The molecule has 92 heavy (non-hydrogen) atoms. The SMILES string of the molecule is Brc1cccc(Br)c1-c1cc(N(c2ccccc2)c2ccccc2)cc(N(c2ccccc2)c2ccccc2)c1.Brc1cccc(Br)c1I.C.C.CC1(C)OB(c2cc(N(c3ccccc3)c3ccccc3)cc(N(c3ccccc3)c3ccccc3)c2)OC1(C)C. The van der Waals surface area contributed by atoms with Crippen molar-refractivity contribution < 1.29 is 9.31 Å². The second-order valence-electron chi connectivity index (χ2n) is 22.3. The van der Waals surface area contributed by atoms with Gasteiger partial charge in [-0.2, -0.15) is 0 Å². The van der Waals surface area contributed by atoms with Crippen LogP contribution < -0.4 is 25.1 Å². The van der Waals surface area contributed by atoms with Crippen LogP contribution in [-0.2, 0) is 9.31 Å². The third-order valence-electron chi connectivity index (χ3n) is 15.7. The molecule has 1 saturated heterocycles. The molecule has 1 fully saturated rings. The van der Waals surface area contributed by atoms with Crippen molar-refractivity contribution in [1.29, 1.82) is 0 Å². The number of para-hydroxylation sites is 8. The van der Waals surface area contributed by atoms with Crippen molar-refractivity contribution in [2.24, 2.45) is 0 Å². The van der Waals surface area contributed by atoms with Crippen LogP contribution in [0.5, 0.6) is 0 Å². The predicted molar refractivity (Wildman–Crippen MR) is 416 cm³/mol. The van der Waals surface area contributed by atoms with Crippen LogP contribution in [0.3, 0.4) is 0 Å². The molecule has 13 rings (SSSR count). The average Bonchev–Trinajstić information content (AvgIpc) is 1.49. The van der Waals surface area contributed by atoms with E-state index in [9.17, 15) is 0 Å². The molecule has 0 spiro atoms. The Balaban J connectivity index is 0.000000188. The van der Waals surface area contributed by atoms with E-state index < -0.39 is 18.3 Å².